The maximum atomic E-state index is 12.5. The van der Waals surface area contributed by atoms with Gasteiger partial charge in [0.1, 0.15) is 0 Å². The van der Waals surface area contributed by atoms with Gasteiger partial charge < -0.3 is 15.4 Å². The number of rotatable bonds is 4. The number of halogens is 1. The summed E-state index contributed by atoms with van der Waals surface area (Å²) in [5.74, 6) is 0.292. The number of nitrogens with one attached hydrogen (secondary N) is 2. The van der Waals surface area contributed by atoms with Gasteiger partial charge in [-0.3, -0.25) is 9.48 Å². The van der Waals surface area contributed by atoms with Gasteiger partial charge in [-0.2, -0.15) is 5.10 Å². The highest BCUT2D eigenvalue weighted by Gasteiger charge is 2.36. The lowest BCUT2D eigenvalue weighted by molar-refractivity contribution is -0.126. The highest BCUT2D eigenvalue weighted by molar-refractivity contribution is 5.85. The Hall–Kier alpha value is -1.11. The topological polar surface area (TPSA) is 68.2 Å². The minimum absolute atomic E-state index is 0. The monoisotopic (exact) mass is 328 g/mol. The number of aryl methyl sites for hydroxylation is 1. The Morgan fingerprint density at radius 2 is 2.41 bits per heavy atom. The molecule has 7 heteroatoms. The molecular formula is C15H25ClN4O2. The second-order valence-electron chi connectivity index (χ2n) is 6.44. The van der Waals surface area contributed by atoms with Crippen molar-refractivity contribution in [2.24, 2.45) is 13.0 Å². The fraction of sp³-hybridized carbons (Fsp3) is 0.733. The molecule has 1 aromatic heterocycles. The number of carbonyl (C=O) groups excluding carboxylic acids is 1. The third kappa shape index (κ3) is 3.62. The van der Waals surface area contributed by atoms with Crippen molar-refractivity contribution in [2.75, 3.05) is 26.2 Å². The fourth-order valence-corrected chi connectivity index (χ4v) is 3.32. The summed E-state index contributed by atoms with van der Waals surface area (Å²) in [6.45, 7) is 5.03. The molecule has 2 N–H and O–H groups in total. The summed E-state index contributed by atoms with van der Waals surface area (Å²) in [6, 6.07) is 0. The number of carbonyl (C=O) groups is 1. The maximum Gasteiger partial charge on any atom is 0.225 e. The van der Waals surface area contributed by atoms with E-state index in [1.165, 1.54) is 0 Å². The highest BCUT2D eigenvalue weighted by atomic mass is 35.5. The lowest BCUT2D eigenvalue weighted by Gasteiger charge is -2.25. The molecule has 0 bridgehead atoms. The zero-order chi connectivity index (χ0) is 14.9. The molecule has 1 unspecified atom stereocenters. The fourth-order valence-electron chi connectivity index (χ4n) is 3.32. The van der Waals surface area contributed by atoms with Gasteiger partial charge in [-0.25, -0.2) is 0 Å². The van der Waals surface area contributed by atoms with Gasteiger partial charge in [-0.1, -0.05) is 0 Å². The van der Waals surface area contributed by atoms with E-state index >= 15 is 0 Å². The molecule has 0 aliphatic carbocycles. The number of hydrogen-bond donors (Lipinski definition) is 2. The molecule has 6 nitrogen and oxygen atoms in total. The standard InChI is InChI=1S/C15H24N4O2.ClH/c1-15(4-3-5-21-15)10-17-14(20)13-8-16-7-12(13)11-6-18-19(2)9-11;/h6,9,12-13,16H,3-5,7-8,10H2,1-2H3,(H,17,20);1H/t12-,13+,15?;/m1./s1. The quantitative estimate of drug-likeness (QED) is 0.859. The Kier molecular flexibility index (Phi) is 5.47. The number of nitrogens with zero attached hydrogens (tertiary/aromatic N) is 2. The predicted molar refractivity (Wildman–Crippen MR) is 86.2 cm³/mol. The summed E-state index contributed by atoms with van der Waals surface area (Å²) in [6.07, 6.45) is 5.95. The van der Waals surface area contributed by atoms with Crippen LogP contribution in [-0.4, -0.2) is 47.5 Å². The molecule has 0 radical (unpaired) electrons. The van der Waals surface area contributed by atoms with Crippen LogP contribution in [0.3, 0.4) is 0 Å². The summed E-state index contributed by atoms with van der Waals surface area (Å²) in [5.41, 5.74) is 0.942. The van der Waals surface area contributed by atoms with Crippen LogP contribution in [0.15, 0.2) is 12.4 Å². The third-order valence-electron chi connectivity index (χ3n) is 4.64. The minimum atomic E-state index is -0.189. The zero-order valence-electron chi connectivity index (χ0n) is 13.2. The molecule has 0 aromatic carbocycles. The van der Waals surface area contributed by atoms with E-state index in [9.17, 15) is 4.79 Å². The first kappa shape index (κ1) is 17.2. The number of hydrogen-bond acceptors (Lipinski definition) is 4. The van der Waals surface area contributed by atoms with Gasteiger partial charge in [0.15, 0.2) is 0 Å². The number of amides is 1. The predicted octanol–water partition coefficient (Wildman–Crippen LogP) is 0.830. The molecule has 2 fully saturated rings. The molecule has 2 aliphatic rings. The van der Waals surface area contributed by atoms with E-state index in [0.29, 0.717) is 6.54 Å². The van der Waals surface area contributed by atoms with Crippen LogP contribution in [0.1, 0.15) is 31.2 Å². The molecule has 3 heterocycles. The molecule has 124 valence electrons. The number of aromatic nitrogens is 2. The summed E-state index contributed by atoms with van der Waals surface area (Å²) in [4.78, 5) is 12.5. The van der Waals surface area contributed by atoms with E-state index < -0.39 is 0 Å². The van der Waals surface area contributed by atoms with Gasteiger partial charge in [0.25, 0.3) is 0 Å². The highest BCUT2D eigenvalue weighted by Crippen LogP contribution is 2.29. The molecule has 3 rings (SSSR count). The van der Waals surface area contributed by atoms with E-state index in [0.717, 1.165) is 38.1 Å². The number of ether oxygens (including phenoxy) is 1. The first-order chi connectivity index (χ1) is 10.1. The normalized spacial score (nSPS) is 31.0. The summed E-state index contributed by atoms with van der Waals surface area (Å²) >= 11 is 0. The van der Waals surface area contributed by atoms with Crippen molar-refractivity contribution in [2.45, 2.75) is 31.3 Å². The third-order valence-corrected chi connectivity index (χ3v) is 4.64. The van der Waals surface area contributed by atoms with Gasteiger partial charge in [-0.05, 0) is 25.3 Å². The molecule has 3 atom stereocenters. The first-order valence-corrected chi connectivity index (χ1v) is 7.68. The van der Waals surface area contributed by atoms with Crippen LogP contribution in [0, 0.1) is 5.92 Å². The lowest BCUT2D eigenvalue weighted by atomic mass is 9.90. The van der Waals surface area contributed by atoms with Gasteiger partial charge in [0.2, 0.25) is 5.91 Å². The van der Waals surface area contributed by atoms with Gasteiger partial charge in [0.05, 0.1) is 17.7 Å². The molecule has 1 aromatic rings. The Labute approximate surface area is 137 Å². The van der Waals surface area contributed by atoms with Crippen molar-refractivity contribution in [3.05, 3.63) is 18.0 Å². The molecule has 2 saturated heterocycles. The van der Waals surface area contributed by atoms with Crippen LogP contribution in [0.4, 0.5) is 0 Å². The van der Waals surface area contributed by atoms with Crippen molar-refractivity contribution >= 4 is 18.3 Å². The van der Waals surface area contributed by atoms with Crippen molar-refractivity contribution in [3.8, 4) is 0 Å². The zero-order valence-corrected chi connectivity index (χ0v) is 14.0. The molecule has 1 amide bonds. The molecule has 22 heavy (non-hydrogen) atoms. The molecular weight excluding hydrogens is 304 g/mol. The van der Waals surface area contributed by atoms with Crippen LogP contribution < -0.4 is 10.6 Å². The van der Waals surface area contributed by atoms with Crippen LogP contribution in [0.2, 0.25) is 0 Å². The second kappa shape index (κ2) is 6.98. The summed E-state index contributed by atoms with van der Waals surface area (Å²) < 4.78 is 7.51. The van der Waals surface area contributed by atoms with E-state index in [1.54, 1.807) is 4.68 Å². The van der Waals surface area contributed by atoms with E-state index in [1.807, 2.05) is 19.4 Å². The van der Waals surface area contributed by atoms with Crippen molar-refractivity contribution in [1.29, 1.82) is 0 Å². The Morgan fingerprint density at radius 3 is 3.05 bits per heavy atom. The van der Waals surface area contributed by atoms with E-state index in [-0.39, 0.29) is 35.8 Å². The molecule has 2 aliphatic heterocycles. The first-order valence-electron chi connectivity index (χ1n) is 7.68. The van der Waals surface area contributed by atoms with Crippen LogP contribution >= 0.6 is 12.4 Å². The van der Waals surface area contributed by atoms with Crippen LogP contribution in [0.25, 0.3) is 0 Å². The summed E-state index contributed by atoms with van der Waals surface area (Å²) in [7, 11) is 1.90. The van der Waals surface area contributed by atoms with E-state index in [2.05, 4.69) is 22.7 Å². The van der Waals surface area contributed by atoms with Crippen molar-refractivity contribution in [1.82, 2.24) is 20.4 Å². The average Bonchev–Trinajstić information content (AvgIpc) is 3.16. The smallest absolute Gasteiger partial charge is 0.225 e. The molecule has 0 saturated carbocycles. The Bertz CT molecular complexity index is 513. The van der Waals surface area contributed by atoms with Gasteiger partial charge in [0, 0.05) is 45.4 Å². The molecule has 0 spiro atoms. The van der Waals surface area contributed by atoms with E-state index in [4.69, 9.17) is 4.74 Å². The minimum Gasteiger partial charge on any atom is -0.373 e. The van der Waals surface area contributed by atoms with Crippen LogP contribution in [-0.2, 0) is 16.6 Å². The van der Waals surface area contributed by atoms with Gasteiger partial charge >= 0.3 is 0 Å². The largest absolute Gasteiger partial charge is 0.373 e. The average molecular weight is 329 g/mol. The maximum absolute atomic E-state index is 12.5. The second-order valence-corrected chi connectivity index (χ2v) is 6.44. The Balaban J connectivity index is 0.00000176. The Morgan fingerprint density at radius 1 is 1.59 bits per heavy atom. The van der Waals surface area contributed by atoms with Crippen LogP contribution in [0.5, 0.6) is 0 Å². The lowest BCUT2D eigenvalue weighted by Crippen LogP contribution is -2.43. The van der Waals surface area contributed by atoms with Gasteiger partial charge in [-0.15, -0.1) is 12.4 Å². The van der Waals surface area contributed by atoms with Crippen molar-refractivity contribution in [3.63, 3.8) is 0 Å². The SMILES string of the molecule is Cl.Cn1cc([C@H]2CNC[C@@H]2C(=O)NCC2(C)CCCO2)cn1. The summed E-state index contributed by atoms with van der Waals surface area (Å²) in [5, 5.41) is 10.6. The van der Waals surface area contributed by atoms with Crippen molar-refractivity contribution < 1.29 is 9.53 Å².